The van der Waals surface area contributed by atoms with E-state index in [4.69, 9.17) is 15.0 Å². The van der Waals surface area contributed by atoms with Gasteiger partial charge in [-0.15, -0.1) is 0 Å². The van der Waals surface area contributed by atoms with Crippen molar-refractivity contribution in [1.82, 2.24) is 24.9 Å². The number of fused-ring (bicyclic) bond motifs is 2. The van der Waals surface area contributed by atoms with E-state index in [1.807, 2.05) is 23.1 Å². The summed E-state index contributed by atoms with van der Waals surface area (Å²) in [7, 11) is -3.50. The third-order valence-corrected chi connectivity index (χ3v) is 7.48. The van der Waals surface area contributed by atoms with Crippen molar-refractivity contribution in [1.29, 1.82) is 0 Å². The quantitative estimate of drug-likeness (QED) is 0.173. The van der Waals surface area contributed by atoms with Crippen LogP contribution >= 0.6 is 0 Å². The number of alkyl halides is 3. The maximum absolute atomic E-state index is 12.2. The number of benzene rings is 2. The van der Waals surface area contributed by atoms with Crippen molar-refractivity contribution >= 4 is 56.0 Å². The van der Waals surface area contributed by atoms with Gasteiger partial charge in [0.15, 0.2) is 0 Å². The summed E-state index contributed by atoms with van der Waals surface area (Å²) < 4.78 is 58.6. The van der Waals surface area contributed by atoms with Crippen LogP contribution in [0.25, 0.3) is 10.9 Å². The van der Waals surface area contributed by atoms with Gasteiger partial charge in [-0.05, 0) is 48.7 Å². The lowest BCUT2D eigenvalue weighted by Crippen LogP contribution is -2.21. The summed E-state index contributed by atoms with van der Waals surface area (Å²) in [6.45, 7) is 0.817. The van der Waals surface area contributed by atoms with Gasteiger partial charge in [-0.2, -0.15) is 23.3 Å². The lowest BCUT2D eigenvalue weighted by Gasteiger charge is -2.25. The number of unbranched alkanes of at least 4 members (excludes halogenated alkanes) is 1. The molecular formula is C25H24F3N7O6S. The van der Waals surface area contributed by atoms with Crippen LogP contribution in [0.4, 0.5) is 36.3 Å². The van der Waals surface area contributed by atoms with E-state index in [1.54, 1.807) is 36.7 Å². The normalized spacial score (nSPS) is 13.6. The highest BCUT2D eigenvalue weighted by Gasteiger charge is 2.38. The molecule has 4 aromatic rings. The number of halogens is 3. The number of hydrogen-bond donors (Lipinski definition) is 5. The first-order valence-corrected chi connectivity index (χ1v) is 13.8. The van der Waals surface area contributed by atoms with Crippen molar-refractivity contribution in [2.24, 2.45) is 0 Å². The highest BCUT2D eigenvalue weighted by molar-refractivity contribution is 7.89. The molecule has 0 saturated carbocycles. The minimum absolute atomic E-state index is 0.0937. The number of aromatic nitrogens is 4. The summed E-state index contributed by atoms with van der Waals surface area (Å²) in [6.07, 6.45) is -0.454. The van der Waals surface area contributed by atoms with Crippen LogP contribution in [0.15, 0.2) is 59.8 Å². The van der Waals surface area contributed by atoms with Gasteiger partial charge in [0.25, 0.3) is 0 Å². The third-order valence-electron chi connectivity index (χ3n) is 6.00. The van der Waals surface area contributed by atoms with E-state index in [1.165, 1.54) is 0 Å². The van der Waals surface area contributed by atoms with Gasteiger partial charge in [0.2, 0.25) is 16.0 Å². The molecule has 2 aromatic heterocycles. The standard InChI is InChI=1S/C23H23N7O4S.C2HF3O2/c31-22(32)6-1-2-11-30(19-5-3-4-18-17(19)14-25-29-18)21-9-10-24-23(28-21)27-16-8-7-15-13-26-35(33,34)20(15)12-16;3-2(4,5)1(6)7/h3-5,7-10,12,14,26H,1-2,6,11,13H2,(H,25,29)(H,31,32)(H,24,27,28);(H,6,7). The molecule has 17 heteroatoms. The van der Waals surface area contributed by atoms with Crippen LogP contribution in [0, 0.1) is 0 Å². The number of carboxylic acid groups (broad SMARTS) is 2. The van der Waals surface area contributed by atoms with Crippen LogP contribution in [0.3, 0.4) is 0 Å². The zero-order valence-corrected chi connectivity index (χ0v) is 22.4. The maximum atomic E-state index is 12.2. The lowest BCUT2D eigenvalue weighted by molar-refractivity contribution is -0.192. The predicted octanol–water partition coefficient (Wildman–Crippen LogP) is 3.91. The number of sulfonamides is 1. The van der Waals surface area contributed by atoms with Crippen molar-refractivity contribution in [3.05, 3.63) is 60.4 Å². The number of hydrogen-bond acceptors (Lipinski definition) is 9. The summed E-state index contributed by atoms with van der Waals surface area (Å²) in [5.41, 5.74) is 3.02. The summed E-state index contributed by atoms with van der Waals surface area (Å²) in [4.78, 5) is 31.1. The lowest BCUT2D eigenvalue weighted by atomic mass is 10.1. The van der Waals surface area contributed by atoms with E-state index in [9.17, 15) is 26.4 Å². The summed E-state index contributed by atoms with van der Waals surface area (Å²) >= 11 is 0. The van der Waals surface area contributed by atoms with Gasteiger partial charge in [0, 0.05) is 36.8 Å². The second kappa shape index (κ2) is 12.4. The first-order chi connectivity index (χ1) is 19.8. The summed E-state index contributed by atoms with van der Waals surface area (Å²) in [6, 6.07) is 12.7. The molecule has 0 unspecified atom stereocenters. The van der Waals surface area contributed by atoms with Gasteiger partial charge in [-0.3, -0.25) is 9.89 Å². The molecule has 0 radical (unpaired) electrons. The van der Waals surface area contributed by atoms with Crippen LogP contribution in [0.5, 0.6) is 0 Å². The molecule has 1 aliphatic rings. The minimum atomic E-state index is -5.08. The van der Waals surface area contributed by atoms with Crippen LogP contribution in [0.2, 0.25) is 0 Å². The van der Waals surface area contributed by atoms with Crippen LogP contribution < -0.4 is 14.9 Å². The highest BCUT2D eigenvalue weighted by atomic mass is 32.2. The Kier molecular flexibility index (Phi) is 8.91. The first kappa shape index (κ1) is 30.2. The van der Waals surface area contributed by atoms with E-state index >= 15 is 0 Å². The smallest absolute Gasteiger partial charge is 0.481 e. The Balaban J connectivity index is 0.000000517. The van der Waals surface area contributed by atoms with E-state index in [0.717, 1.165) is 16.6 Å². The van der Waals surface area contributed by atoms with Crippen molar-refractivity contribution in [3.63, 3.8) is 0 Å². The largest absolute Gasteiger partial charge is 0.490 e. The molecule has 2 aromatic carbocycles. The second-order valence-corrected chi connectivity index (χ2v) is 10.7. The van der Waals surface area contributed by atoms with Crippen LogP contribution in [-0.4, -0.2) is 63.5 Å². The monoisotopic (exact) mass is 607 g/mol. The third kappa shape index (κ3) is 7.29. The SMILES string of the molecule is O=C(O)C(F)(F)F.O=C(O)CCCCN(c1ccnc(Nc2ccc3c(c2)S(=O)(=O)NC3)n1)c1cccc2[nH]ncc12. The van der Waals surface area contributed by atoms with Gasteiger partial charge in [-0.25, -0.2) is 22.9 Å². The van der Waals surface area contributed by atoms with Crippen molar-refractivity contribution in [2.75, 3.05) is 16.8 Å². The Morgan fingerprint density at radius 1 is 1.10 bits per heavy atom. The topological polar surface area (TPSA) is 190 Å². The number of rotatable bonds is 9. The van der Waals surface area contributed by atoms with E-state index in [2.05, 4.69) is 30.2 Å². The molecule has 0 fully saturated rings. The fourth-order valence-corrected chi connectivity index (χ4v) is 5.33. The first-order valence-electron chi connectivity index (χ1n) is 12.3. The van der Waals surface area contributed by atoms with E-state index in [0.29, 0.717) is 42.4 Å². The zero-order valence-electron chi connectivity index (χ0n) is 21.6. The Morgan fingerprint density at radius 2 is 1.86 bits per heavy atom. The minimum Gasteiger partial charge on any atom is -0.481 e. The Morgan fingerprint density at radius 3 is 2.57 bits per heavy atom. The number of anilines is 4. The second-order valence-electron chi connectivity index (χ2n) is 8.92. The van der Waals surface area contributed by atoms with Crippen molar-refractivity contribution in [3.8, 4) is 0 Å². The van der Waals surface area contributed by atoms with Gasteiger partial charge in [0.1, 0.15) is 5.82 Å². The molecule has 0 amide bonds. The molecule has 0 aliphatic carbocycles. The number of aliphatic carboxylic acids is 2. The Labute approximate surface area is 236 Å². The Hall–Kier alpha value is -4.77. The molecule has 5 rings (SSSR count). The van der Waals surface area contributed by atoms with Crippen molar-refractivity contribution in [2.45, 2.75) is 36.9 Å². The molecule has 0 spiro atoms. The van der Waals surface area contributed by atoms with Gasteiger partial charge in [-0.1, -0.05) is 12.1 Å². The number of nitrogens with zero attached hydrogens (tertiary/aromatic N) is 4. The number of nitrogens with one attached hydrogen (secondary N) is 3. The van der Waals surface area contributed by atoms with E-state index < -0.39 is 28.1 Å². The fourth-order valence-electron chi connectivity index (χ4n) is 4.06. The molecule has 3 heterocycles. The van der Waals surface area contributed by atoms with Crippen LogP contribution in [0.1, 0.15) is 24.8 Å². The number of carbonyl (C=O) groups is 2. The number of carboxylic acids is 2. The summed E-state index contributed by atoms with van der Waals surface area (Å²) in [5.74, 6) is -2.66. The molecule has 13 nitrogen and oxygen atoms in total. The molecule has 0 bridgehead atoms. The molecule has 42 heavy (non-hydrogen) atoms. The van der Waals surface area contributed by atoms with Gasteiger partial charge < -0.3 is 20.4 Å². The molecule has 5 N–H and O–H groups in total. The number of H-pyrrole nitrogens is 1. The summed E-state index contributed by atoms with van der Waals surface area (Å²) in [5, 5.41) is 27.2. The molecule has 0 saturated heterocycles. The Bertz CT molecular complexity index is 1710. The highest BCUT2D eigenvalue weighted by Crippen LogP contribution is 2.32. The van der Waals surface area contributed by atoms with Gasteiger partial charge in [0.05, 0.1) is 22.3 Å². The molecule has 1 aliphatic heterocycles. The zero-order chi connectivity index (χ0) is 30.5. The molecule has 0 atom stereocenters. The van der Waals surface area contributed by atoms with Crippen molar-refractivity contribution < 1.29 is 41.4 Å². The van der Waals surface area contributed by atoms with Gasteiger partial charge >= 0.3 is 18.1 Å². The van der Waals surface area contributed by atoms with E-state index in [-0.39, 0.29) is 17.9 Å². The molecule has 222 valence electrons. The number of aromatic amines is 1. The molecular weight excluding hydrogens is 583 g/mol. The maximum Gasteiger partial charge on any atom is 0.490 e. The average Bonchev–Trinajstić information content (AvgIpc) is 3.53. The predicted molar refractivity (Wildman–Crippen MR) is 144 cm³/mol. The average molecular weight is 608 g/mol. The fraction of sp³-hybridized carbons (Fsp3) is 0.240. The van der Waals surface area contributed by atoms with Crippen LogP contribution in [-0.2, 0) is 26.2 Å².